The Balaban J connectivity index is 1.76. The minimum absolute atomic E-state index is 0.234. The summed E-state index contributed by atoms with van der Waals surface area (Å²) >= 11 is 3.35. The summed E-state index contributed by atoms with van der Waals surface area (Å²) < 4.78 is 0.916. The van der Waals surface area contributed by atoms with Crippen LogP contribution in [-0.4, -0.2) is 17.7 Å². The van der Waals surface area contributed by atoms with Crippen LogP contribution in [-0.2, 0) is 6.42 Å². The fourth-order valence-corrected chi connectivity index (χ4v) is 2.12. The number of hydrogen-bond donors (Lipinski definition) is 3. The summed E-state index contributed by atoms with van der Waals surface area (Å²) in [6.45, 7) is 0.532. The van der Waals surface area contributed by atoms with Crippen molar-refractivity contribution in [2.24, 2.45) is 0 Å². The molecule has 0 aliphatic rings. The van der Waals surface area contributed by atoms with E-state index in [0.29, 0.717) is 13.0 Å². The molecule has 0 heterocycles. The summed E-state index contributed by atoms with van der Waals surface area (Å²) in [7, 11) is 0. The first-order valence-electron chi connectivity index (χ1n) is 6.22. The highest BCUT2D eigenvalue weighted by molar-refractivity contribution is 9.10. The number of hydrogen-bond acceptors (Lipinski definition) is 2. The second-order valence-corrected chi connectivity index (χ2v) is 5.22. The molecule has 2 amide bonds. The van der Waals surface area contributed by atoms with Crippen LogP contribution in [0.4, 0.5) is 10.5 Å². The van der Waals surface area contributed by atoms with Crippen LogP contribution in [0, 0.1) is 0 Å². The van der Waals surface area contributed by atoms with Gasteiger partial charge in [0.1, 0.15) is 5.75 Å². The molecule has 0 saturated carbocycles. The molecule has 3 N–H and O–H groups in total. The predicted octanol–water partition coefficient (Wildman–Crippen LogP) is 3.52. The van der Waals surface area contributed by atoms with Crippen LogP contribution in [0.25, 0.3) is 0 Å². The molecule has 104 valence electrons. The average Bonchev–Trinajstić information content (AvgIpc) is 2.41. The third kappa shape index (κ3) is 4.59. The van der Waals surface area contributed by atoms with Crippen molar-refractivity contribution < 1.29 is 9.90 Å². The van der Waals surface area contributed by atoms with Gasteiger partial charge < -0.3 is 15.7 Å². The molecule has 4 nitrogen and oxygen atoms in total. The molecule has 20 heavy (non-hydrogen) atoms. The van der Waals surface area contributed by atoms with Gasteiger partial charge in [-0.2, -0.15) is 0 Å². The normalized spacial score (nSPS) is 10.1. The quantitative estimate of drug-likeness (QED) is 0.801. The molecule has 2 aromatic carbocycles. The van der Waals surface area contributed by atoms with Crippen molar-refractivity contribution >= 4 is 27.6 Å². The van der Waals surface area contributed by atoms with Gasteiger partial charge in [0, 0.05) is 16.7 Å². The minimum Gasteiger partial charge on any atom is -0.508 e. The van der Waals surface area contributed by atoms with Crippen LogP contribution in [0.2, 0.25) is 0 Å². The Labute approximate surface area is 126 Å². The number of nitrogens with one attached hydrogen (secondary N) is 2. The molecular formula is C15H15BrN2O2. The second-order valence-electron chi connectivity index (χ2n) is 4.31. The van der Waals surface area contributed by atoms with Gasteiger partial charge in [0.15, 0.2) is 0 Å². The van der Waals surface area contributed by atoms with Gasteiger partial charge in [0.25, 0.3) is 0 Å². The Morgan fingerprint density at radius 1 is 1.15 bits per heavy atom. The Bertz CT molecular complexity index is 585. The molecule has 0 aliphatic heterocycles. The molecule has 2 aromatic rings. The fourth-order valence-electron chi connectivity index (χ4n) is 1.72. The molecule has 0 saturated heterocycles. The monoisotopic (exact) mass is 334 g/mol. The number of phenols is 1. The van der Waals surface area contributed by atoms with Crippen LogP contribution in [0.5, 0.6) is 5.75 Å². The van der Waals surface area contributed by atoms with E-state index >= 15 is 0 Å². The number of aromatic hydroxyl groups is 1. The molecule has 0 aromatic heterocycles. The lowest BCUT2D eigenvalue weighted by Crippen LogP contribution is -2.30. The number of rotatable bonds is 4. The lowest BCUT2D eigenvalue weighted by Gasteiger charge is -2.08. The van der Waals surface area contributed by atoms with Gasteiger partial charge in [-0.15, -0.1) is 0 Å². The molecule has 2 rings (SSSR count). The van der Waals surface area contributed by atoms with Gasteiger partial charge in [0.2, 0.25) is 0 Å². The average molecular weight is 335 g/mol. The zero-order valence-electron chi connectivity index (χ0n) is 10.8. The van der Waals surface area contributed by atoms with Crippen molar-refractivity contribution in [1.82, 2.24) is 5.32 Å². The van der Waals surface area contributed by atoms with E-state index in [1.54, 1.807) is 12.1 Å². The molecule has 5 heteroatoms. The summed E-state index contributed by atoms with van der Waals surface area (Å²) in [6, 6.07) is 14.1. The number of halogens is 1. The van der Waals surface area contributed by atoms with Gasteiger partial charge >= 0.3 is 6.03 Å². The highest BCUT2D eigenvalue weighted by atomic mass is 79.9. The maximum atomic E-state index is 11.7. The minimum atomic E-state index is -0.234. The lowest BCUT2D eigenvalue weighted by atomic mass is 10.1. The van der Waals surface area contributed by atoms with Gasteiger partial charge in [-0.3, -0.25) is 0 Å². The molecule has 0 radical (unpaired) electrons. The number of carbonyl (C=O) groups excluding carboxylic acids is 1. The number of carbonyl (C=O) groups is 1. The van der Waals surface area contributed by atoms with Crippen LogP contribution in [0.1, 0.15) is 5.56 Å². The van der Waals surface area contributed by atoms with E-state index in [1.807, 2.05) is 36.4 Å². The first-order chi connectivity index (χ1) is 9.63. The highest BCUT2D eigenvalue weighted by Crippen LogP contribution is 2.15. The maximum Gasteiger partial charge on any atom is 0.319 e. The molecule has 0 atom stereocenters. The predicted molar refractivity (Wildman–Crippen MR) is 83.0 cm³/mol. The summed E-state index contributed by atoms with van der Waals surface area (Å²) in [5, 5.41) is 14.7. The summed E-state index contributed by atoms with van der Waals surface area (Å²) in [5.41, 5.74) is 1.80. The summed E-state index contributed by atoms with van der Waals surface area (Å²) in [4.78, 5) is 11.7. The largest absolute Gasteiger partial charge is 0.508 e. The Morgan fingerprint density at radius 3 is 2.60 bits per heavy atom. The number of benzene rings is 2. The summed E-state index contributed by atoms with van der Waals surface area (Å²) in [6.07, 6.45) is 0.714. The van der Waals surface area contributed by atoms with Crippen LogP contribution >= 0.6 is 15.9 Å². The van der Waals surface area contributed by atoms with Crippen molar-refractivity contribution in [3.05, 3.63) is 58.6 Å². The van der Waals surface area contributed by atoms with E-state index < -0.39 is 0 Å². The Hall–Kier alpha value is -2.01. The zero-order chi connectivity index (χ0) is 14.4. The zero-order valence-corrected chi connectivity index (χ0v) is 12.4. The first kappa shape index (κ1) is 14.4. The lowest BCUT2D eigenvalue weighted by molar-refractivity contribution is 0.252. The van der Waals surface area contributed by atoms with Crippen LogP contribution in [0.3, 0.4) is 0 Å². The molecule has 0 fully saturated rings. The molecule has 0 bridgehead atoms. The van der Waals surface area contributed by atoms with Crippen molar-refractivity contribution in [3.63, 3.8) is 0 Å². The van der Waals surface area contributed by atoms with Gasteiger partial charge in [-0.05, 0) is 42.3 Å². The van der Waals surface area contributed by atoms with Crippen LogP contribution in [0.15, 0.2) is 53.0 Å². The fraction of sp³-hybridized carbons (Fsp3) is 0.133. The number of phenolic OH excluding ortho intramolecular Hbond substituents is 1. The van der Waals surface area contributed by atoms with Crippen molar-refractivity contribution in [2.75, 3.05) is 11.9 Å². The van der Waals surface area contributed by atoms with Gasteiger partial charge in [-0.25, -0.2) is 4.79 Å². The van der Waals surface area contributed by atoms with Gasteiger partial charge in [0.05, 0.1) is 0 Å². The third-order valence-electron chi connectivity index (χ3n) is 2.72. The molecule has 0 spiro atoms. The smallest absolute Gasteiger partial charge is 0.319 e. The summed E-state index contributed by atoms with van der Waals surface area (Å²) in [5.74, 6) is 0.245. The van der Waals surface area contributed by atoms with E-state index in [4.69, 9.17) is 0 Å². The van der Waals surface area contributed by atoms with Gasteiger partial charge in [-0.1, -0.05) is 34.1 Å². The molecule has 0 aliphatic carbocycles. The Morgan fingerprint density at radius 2 is 1.90 bits per heavy atom. The topological polar surface area (TPSA) is 61.4 Å². The standard InChI is InChI=1S/C15H15BrN2O2/c16-12-2-1-3-13(10-12)18-15(20)17-9-8-11-4-6-14(19)7-5-11/h1-7,10,19H,8-9H2,(H2,17,18,20). The van der Waals surface area contributed by atoms with E-state index in [0.717, 1.165) is 15.7 Å². The van der Waals surface area contributed by atoms with Crippen molar-refractivity contribution in [3.8, 4) is 5.75 Å². The van der Waals surface area contributed by atoms with E-state index in [2.05, 4.69) is 26.6 Å². The SMILES string of the molecule is O=C(NCCc1ccc(O)cc1)Nc1cccc(Br)c1. The third-order valence-corrected chi connectivity index (χ3v) is 3.21. The van der Waals surface area contributed by atoms with Crippen molar-refractivity contribution in [1.29, 1.82) is 0 Å². The first-order valence-corrected chi connectivity index (χ1v) is 7.01. The highest BCUT2D eigenvalue weighted by Gasteiger charge is 2.01. The number of amides is 2. The molecular weight excluding hydrogens is 320 g/mol. The van der Waals surface area contributed by atoms with E-state index in [-0.39, 0.29) is 11.8 Å². The molecule has 0 unspecified atom stereocenters. The Kier molecular flexibility index (Phi) is 5.01. The number of urea groups is 1. The number of anilines is 1. The van der Waals surface area contributed by atoms with Crippen LogP contribution < -0.4 is 10.6 Å². The van der Waals surface area contributed by atoms with E-state index in [9.17, 15) is 9.90 Å². The van der Waals surface area contributed by atoms with Crippen molar-refractivity contribution in [2.45, 2.75) is 6.42 Å². The second kappa shape index (κ2) is 6.96. The maximum absolute atomic E-state index is 11.7. The van der Waals surface area contributed by atoms with E-state index in [1.165, 1.54) is 0 Å².